The Balaban J connectivity index is 2.28. The van der Waals surface area contributed by atoms with Crippen molar-refractivity contribution >= 4 is 40.7 Å². The molecule has 20 heavy (non-hydrogen) atoms. The standard InChI is InChI=1S/C13H10Cl2N2O3/c1-20-11-5-8(2-3-9(11)14)17-12-10(15)4-7(6-16-12)13(18)19/h2-6H,1H3,(H,16,17)(H,18,19). The zero-order chi connectivity index (χ0) is 14.7. The number of rotatable bonds is 4. The number of hydrogen-bond acceptors (Lipinski definition) is 4. The summed E-state index contributed by atoms with van der Waals surface area (Å²) in [6, 6.07) is 6.41. The zero-order valence-corrected chi connectivity index (χ0v) is 11.9. The molecule has 0 radical (unpaired) electrons. The van der Waals surface area contributed by atoms with Gasteiger partial charge in [0.05, 0.1) is 22.7 Å². The SMILES string of the molecule is COc1cc(Nc2ncc(C(=O)O)cc2Cl)ccc1Cl. The topological polar surface area (TPSA) is 71.5 Å². The molecule has 0 aliphatic carbocycles. The lowest BCUT2D eigenvalue weighted by Gasteiger charge is -2.10. The van der Waals surface area contributed by atoms with E-state index in [0.717, 1.165) is 0 Å². The molecule has 0 fully saturated rings. The van der Waals surface area contributed by atoms with Gasteiger partial charge < -0.3 is 15.2 Å². The first-order valence-corrected chi connectivity index (χ1v) is 6.26. The maximum Gasteiger partial charge on any atom is 0.337 e. The number of carboxylic acids is 1. The predicted molar refractivity (Wildman–Crippen MR) is 77.5 cm³/mol. The van der Waals surface area contributed by atoms with Gasteiger partial charge in [-0.25, -0.2) is 9.78 Å². The molecule has 0 saturated heterocycles. The van der Waals surface area contributed by atoms with Crippen LogP contribution in [0, 0.1) is 0 Å². The van der Waals surface area contributed by atoms with Crippen LogP contribution in [0.25, 0.3) is 0 Å². The van der Waals surface area contributed by atoms with E-state index in [1.165, 1.54) is 19.4 Å². The fraction of sp³-hybridized carbons (Fsp3) is 0.0769. The molecule has 0 saturated carbocycles. The Hall–Kier alpha value is -1.98. The van der Waals surface area contributed by atoms with Crippen LogP contribution in [0.15, 0.2) is 30.5 Å². The number of methoxy groups -OCH3 is 1. The fourth-order valence-corrected chi connectivity index (χ4v) is 1.93. The Morgan fingerprint density at radius 2 is 2.05 bits per heavy atom. The largest absolute Gasteiger partial charge is 0.495 e. The quantitative estimate of drug-likeness (QED) is 0.897. The summed E-state index contributed by atoms with van der Waals surface area (Å²) in [6.07, 6.45) is 1.23. The summed E-state index contributed by atoms with van der Waals surface area (Å²) in [5.74, 6) is -0.227. The van der Waals surface area contributed by atoms with Crippen LogP contribution in [0.1, 0.15) is 10.4 Å². The normalized spacial score (nSPS) is 10.2. The van der Waals surface area contributed by atoms with Gasteiger partial charge in [-0.05, 0) is 18.2 Å². The molecule has 0 bridgehead atoms. The van der Waals surface area contributed by atoms with Gasteiger partial charge in [-0.3, -0.25) is 0 Å². The van der Waals surface area contributed by atoms with Crippen molar-refractivity contribution in [2.24, 2.45) is 0 Å². The third-order valence-corrected chi connectivity index (χ3v) is 3.10. The van der Waals surface area contributed by atoms with Crippen LogP contribution in [0.2, 0.25) is 10.0 Å². The van der Waals surface area contributed by atoms with Crippen LogP contribution in [-0.4, -0.2) is 23.2 Å². The van der Waals surface area contributed by atoms with Crippen molar-refractivity contribution in [3.05, 3.63) is 46.1 Å². The number of aromatic carboxylic acids is 1. The van der Waals surface area contributed by atoms with Crippen molar-refractivity contribution in [2.75, 3.05) is 12.4 Å². The van der Waals surface area contributed by atoms with Crippen LogP contribution in [-0.2, 0) is 0 Å². The third kappa shape index (κ3) is 3.12. The third-order valence-electron chi connectivity index (χ3n) is 2.50. The Morgan fingerprint density at radius 1 is 1.30 bits per heavy atom. The van der Waals surface area contributed by atoms with Crippen molar-refractivity contribution < 1.29 is 14.6 Å². The van der Waals surface area contributed by atoms with Crippen LogP contribution in [0.5, 0.6) is 5.75 Å². The van der Waals surface area contributed by atoms with E-state index in [1.807, 2.05) is 0 Å². The van der Waals surface area contributed by atoms with Crippen molar-refractivity contribution in [3.8, 4) is 5.75 Å². The Kier molecular flexibility index (Phi) is 4.32. The molecule has 1 heterocycles. The highest BCUT2D eigenvalue weighted by molar-refractivity contribution is 6.33. The first-order chi connectivity index (χ1) is 9.51. The van der Waals surface area contributed by atoms with Crippen LogP contribution in [0.3, 0.4) is 0 Å². The van der Waals surface area contributed by atoms with E-state index < -0.39 is 5.97 Å². The van der Waals surface area contributed by atoms with E-state index in [9.17, 15) is 4.79 Å². The second-order valence-electron chi connectivity index (χ2n) is 3.83. The number of nitrogens with zero attached hydrogens (tertiary/aromatic N) is 1. The van der Waals surface area contributed by atoms with Crippen molar-refractivity contribution in [1.29, 1.82) is 0 Å². The van der Waals surface area contributed by atoms with Gasteiger partial charge in [-0.1, -0.05) is 23.2 Å². The first-order valence-electron chi connectivity index (χ1n) is 5.50. The molecule has 7 heteroatoms. The van der Waals surface area contributed by atoms with E-state index in [4.69, 9.17) is 33.0 Å². The number of nitrogens with one attached hydrogen (secondary N) is 1. The van der Waals surface area contributed by atoms with Gasteiger partial charge in [-0.15, -0.1) is 0 Å². The molecule has 0 aliphatic rings. The summed E-state index contributed by atoms with van der Waals surface area (Å²) in [5.41, 5.74) is 0.693. The molecule has 2 rings (SSSR count). The van der Waals surface area contributed by atoms with Crippen molar-refractivity contribution in [1.82, 2.24) is 4.98 Å². The summed E-state index contributed by atoms with van der Waals surface area (Å²) in [7, 11) is 1.51. The monoisotopic (exact) mass is 312 g/mol. The Bertz CT molecular complexity index is 662. The van der Waals surface area contributed by atoms with Crippen LogP contribution >= 0.6 is 23.2 Å². The molecule has 2 N–H and O–H groups in total. The fourth-order valence-electron chi connectivity index (χ4n) is 1.52. The molecule has 1 aromatic heterocycles. The summed E-state index contributed by atoms with van der Waals surface area (Å²) in [5, 5.41) is 12.5. The minimum atomic E-state index is -1.08. The van der Waals surface area contributed by atoms with Crippen LogP contribution in [0.4, 0.5) is 11.5 Å². The van der Waals surface area contributed by atoms with Gasteiger partial charge in [0, 0.05) is 18.0 Å². The number of hydrogen-bond donors (Lipinski definition) is 2. The highest BCUT2D eigenvalue weighted by Crippen LogP contribution is 2.30. The number of pyridine rings is 1. The van der Waals surface area contributed by atoms with Crippen molar-refractivity contribution in [3.63, 3.8) is 0 Å². The Labute approximate surface area is 125 Å². The molecule has 0 aliphatic heterocycles. The second kappa shape index (κ2) is 5.98. The predicted octanol–water partition coefficient (Wildman–Crippen LogP) is 3.84. The second-order valence-corrected chi connectivity index (χ2v) is 4.65. The summed E-state index contributed by atoms with van der Waals surface area (Å²) in [6.45, 7) is 0. The minimum Gasteiger partial charge on any atom is -0.495 e. The first kappa shape index (κ1) is 14.4. The lowest BCUT2D eigenvalue weighted by atomic mass is 10.2. The van der Waals surface area contributed by atoms with Crippen molar-refractivity contribution in [2.45, 2.75) is 0 Å². The van der Waals surface area contributed by atoms with Gasteiger partial charge in [0.1, 0.15) is 11.6 Å². The molecule has 0 atom stereocenters. The molecule has 104 valence electrons. The lowest BCUT2D eigenvalue weighted by Crippen LogP contribution is -2.00. The maximum absolute atomic E-state index is 10.8. The minimum absolute atomic E-state index is 0.0224. The number of halogens is 2. The molecule has 2 aromatic rings. The van der Waals surface area contributed by atoms with E-state index in [1.54, 1.807) is 18.2 Å². The van der Waals surface area contributed by atoms with Gasteiger partial charge in [0.2, 0.25) is 0 Å². The summed E-state index contributed by atoms with van der Waals surface area (Å²) < 4.78 is 5.10. The van der Waals surface area contributed by atoms with Gasteiger partial charge >= 0.3 is 5.97 Å². The average molecular weight is 313 g/mol. The van der Waals surface area contributed by atoms with Gasteiger partial charge in [0.25, 0.3) is 0 Å². The number of ether oxygens (including phenoxy) is 1. The number of anilines is 2. The molecule has 0 amide bonds. The van der Waals surface area contributed by atoms with E-state index in [0.29, 0.717) is 22.3 Å². The summed E-state index contributed by atoms with van der Waals surface area (Å²) >= 11 is 11.9. The maximum atomic E-state index is 10.8. The molecule has 1 aromatic carbocycles. The van der Waals surface area contributed by atoms with E-state index >= 15 is 0 Å². The summed E-state index contributed by atoms with van der Waals surface area (Å²) in [4.78, 5) is 14.8. The molecule has 0 unspecified atom stereocenters. The van der Waals surface area contributed by atoms with Gasteiger partial charge in [-0.2, -0.15) is 0 Å². The highest BCUT2D eigenvalue weighted by atomic mass is 35.5. The number of benzene rings is 1. The number of aromatic nitrogens is 1. The zero-order valence-electron chi connectivity index (χ0n) is 10.4. The molecule has 5 nitrogen and oxygen atoms in total. The average Bonchev–Trinajstić information content (AvgIpc) is 2.42. The van der Waals surface area contributed by atoms with E-state index in [-0.39, 0.29) is 10.6 Å². The lowest BCUT2D eigenvalue weighted by molar-refractivity contribution is 0.0696. The van der Waals surface area contributed by atoms with Crippen LogP contribution < -0.4 is 10.1 Å². The molecular formula is C13H10Cl2N2O3. The Morgan fingerprint density at radius 3 is 2.65 bits per heavy atom. The van der Waals surface area contributed by atoms with E-state index in [2.05, 4.69) is 10.3 Å². The number of carboxylic acid groups (broad SMARTS) is 1. The van der Waals surface area contributed by atoms with Gasteiger partial charge in [0.15, 0.2) is 0 Å². The molecule has 0 spiro atoms. The highest BCUT2D eigenvalue weighted by Gasteiger charge is 2.09. The smallest absolute Gasteiger partial charge is 0.337 e. The molecular weight excluding hydrogens is 303 g/mol. The number of carbonyl (C=O) groups is 1.